The third-order valence-electron chi connectivity index (χ3n) is 6.99. The van der Waals surface area contributed by atoms with Crippen LogP contribution < -0.4 is 26.8 Å². The first-order valence-corrected chi connectivity index (χ1v) is 12.4. The van der Waals surface area contributed by atoms with E-state index in [4.69, 9.17) is 0 Å². The first-order chi connectivity index (χ1) is 17.4. The average Bonchev–Trinajstić information content (AvgIpc) is 2.89. The van der Waals surface area contributed by atoms with Gasteiger partial charge in [0.05, 0.1) is 42.9 Å². The van der Waals surface area contributed by atoms with Gasteiger partial charge in [-0.1, -0.05) is 72.8 Å². The number of nitrogens with one attached hydrogen (secondary N) is 1. The summed E-state index contributed by atoms with van der Waals surface area (Å²) >= 11 is 0. The fourth-order valence-electron chi connectivity index (χ4n) is 5.06. The standard InChI is InChI=1S/C24H16BF4.C6H15N/c26-21-13-5-1-9-17(21)25(18-10-2-6-14-22(18)27,19-11-3-7-15-23(19)28)20-12-4-8-16-24(20)29;1-4-7(5-2)6-3/h1-16H;4-6H2,1-3H3/q-1;/p+1. The summed E-state index contributed by atoms with van der Waals surface area (Å²) in [6.45, 7) is 10.5. The predicted molar refractivity (Wildman–Crippen MR) is 142 cm³/mol. The Kier molecular flexibility index (Phi) is 9.48. The molecule has 0 radical (unpaired) electrons. The molecule has 4 aromatic rings. The van der Waals surface area contributed by atoms with Gasteiger partial charge in [-0.05, 0) is 45.0 Å². The summed E-state index contributed by atoms with van der Waals surface area (Å²) in [6.07, 6.45) is -2.82. The van der Waals surface area contributed by atoms with Crippen molar-refractivity contribution in [1.29, 1.82) is 0 Å². The third-order valence-corrected chi connectivity index (χ3v) is 6.99. The molecule has 4 rings (SSSR count). The van der Waals surface area contributed by atoms with Crippen molar-refractivity contribution in [2.24, 2.45) is 0 Å². The molecule has 0 saturated carbocycles. The highest BCUT2D eigenvalue weighted by Crippen LogP contribution is 2.16. The number of benzene rings is 4. The zero-order chi connectivity index (χ0) is 26.1. The quantitative estimate of drug-likeness (QED) is 0.297. The summed E-state index contributed by atoms with van der Waals surface area (Å²) in [5.41, 5.74) is 0.0844. The molecular weight excluding hydrogens is 461 g/mol. The molecule has 36 heavy (non-hydrogen) atoms. The number of rotatable bonds is 7. The Morgan fingerprint density at radius 3 is 0.833 bits per heavy atom. The van der Waals surface area contributed by atoms with Crippen molar-refractivity contribution >= 4 is 28.0 Å². The molecule has 6 heteroatoms. The molecule has 0 amide bonds. The molecule has 0 bridgehead atoms. The van der Waals surface area contributed by atoms with E-state index in [-0.39, 0.29) is 21.9 Å². The van der Waals surface area contributed by atoms with E-state index in [1.54, 1.807) is 29.2 Å². The predicted octanol–water partition coefficient (Wildman–Crippen LogP) is 3.55. The van der Waals surface area contributed by atoms with Gasteiger partial charge in [-0.2, -0.15) is 21.9 Å². The summed E-state index contributed by atoms with van der Waals surface area (Å²) in [5, 5.41) is 0. The molecule has 0 atom stereocenters. The normalized spacial score (nSPS) is 11.2. The summed E-state index contributed by atoms with van der Waals surface area (Å²) in [7, 11) is 0. The summed E-state index contributed by atoms with van der Waals surface area (Å²) in [4.78, 5) is 1.68. The van der Waals surface area contributed by atoms with Gasteiger partial charge in [-0.15, -0.1) is 0 Å². The lowest BCUT2D eigenvalue weighted by atomic mass is 9.12. The van der Waals surface area contributed by atoms with Crippen molar-refractivity contribution < 1.29 is 22.5 Å². The van der Waals surface area contributed by atoms with Crippen LogP contribution in [0.1, 0.15) is 20.8 Å². The van der Waals surface area contributed by atoms with Crippen LogP contribution in [0.15, 0.2) is 97.1 Å². The molecule has 0 spiro atoms. The SMILES string of the molecule is CC[NH+](CC)CC.Fc1ccccc1[B-](c1ccccc1F)(c1ccccc1F)c1ccccc1F. The molecule has 188 valence electrons. The van der Waals surface area contributed by atoms with Crippen molar-refractivity contribution in [2.75, 3.05) is 19.6 Å². The molecule has 0 aliphatic rings. The van der Waals surface area contributed by atoms with Crippen LogP contribution in [0.5, 0.6) is 0 Å². The minimum atomic E-state index is -2.82. The highest BCUT2D eigenvalue weighted by Gasteiger charge is 2.38. The van der Waals surface area contributed by atoms with Crippen molar-refractivity contribution in [3.8, 4) is 0 Å². The highest BCUT2D eigenvalue weighted by molar-refractivity contribution is 7.20. The van der Waals surface area contributed by atoms with Crippen LogP contribution in [0.25, 0.3) is 0 Å². The van der Waals surface area contributed by atoms with E-state index in [1.165, 1.54) is 92.4 Å². The Labute approximate surface area is 211 Å². The van der Waals surface area contributed by atoms with Crippen LogP contribution in [-0.2, 0) is 0 Å². The molecule has 0 fully saturated rings. The van der Waals surface area contributed by atoms with Gasteiger partial charge in [0, 0.05) is 0 Å². The molecule has 0 saturated heterocycles. The Bertz CT molecular complexity index is 1080. The van der Waals surface area contributed by atoms with E-state index in [9.17, 15) is 0 Å². The van der Waals surface area contributed by atoms with Gasteiger partial charge in [0.2, 0.25) is 0 Å². The van der Waals surface area contributed by atoms with Gasteiger partial charge < -0.3 is 4.90 Å². The summed E-state index contributed by atoms with van der Waals surface area (Å²) in [6, 6.07) is 23.0. The molecule has 4 aromatic carbocycles. The fourth-order valence-corrected chi connectivity index (χ4v) is 5.06. The number of hydrogen-bond donors (Lipinski definition) is 1. The second-order valence-electron chi connectivity index (χ2n) is 8.76. The van der Waals surface area contributed by atoms with Crippen LogP contribution in [0, 0.1) is 23.3 Å². The van der Waals surface area contributed by atoms with Crippen LogP contribution >= 0.6 is 0 Å². The van der Waals surface area contributed by atoms with E-state index >= 15 is 17.6 Å². The minimum Gasteiger partial charge on any atom is -0.336 e. The van der Waals surface area contributed by atoms with Gasteiger partial charge in [0.25, 0.3) is 0 Å². The lowest BCUT2D eigenvalue weighted by molar-refractivity contribution is -0.894. The monoisotopic (exact) mass is 493 g/mol. The minimum absolute atomic E-state index is 0.0211. The molecule has 0 unspecified atom stereocenters. The van der Waals surface area contributed by atoms with Gasteiger partial charge in [-0.3, -0.25) is 0 Å². The smallest absolute Gasteiger partial charge is 0.122 e. The molecule has 1 N–H and O–H groups in total. The second-order valence-corrected chi connectivity index (χ2v) is 8.76. The number of hydrogen-bond acceptors (Lipinski definition) is 0. The molecule has 0 aliphatic carbocycles. The fraction of sp³-hybridized carbons (Fsp3) is 0.200. The summed E-state index contributed by atoms with van der Waals surface area (Å²) in [5.74, 6) is -2.66. The van der Waals surface area contributed by atoms with Crippen molar-refractivity contribution in [1.82, 2.24) is 0 Å². The maximum atomic E-state index is 15.2. The van der Waals surface area contributed by atoms with Gasteiger partial charge in [0.15, 0.2) is 0 Å². The average molecular weight is 493 g/mol. The largest absolute Gasteiger partial charge is 0.336 e. The summed E-state index contributed by atoms with van der Waals surface area (Å²) < 4.78 is 60.7. The van der Waals surface area contributed by atoms with E-state index in [2.05, 4.69) is 20.8 Å². The van der Waals surface area contributed by atoms with Crippen LogP contribution in [-0.4, -0.2) is 25.8 Å². The Morgan fingerprint density at radius 2 is 0.667 bits per heavy atom. The highest BCUT2D eigenvalue weighted by atomic mass is 19.1. The van der Waals surface area contributed by atoms with Crippen molar-refractivity contribution in [3.05, 3.63) is 120 Å². The lowest BCUT2D eigenvalue weighted by Gasteiger charge is -2.44. The number of halogens is 4. The van der Waals surface area contributed by atoms with Crippen LogP contribution in [0.3, 0.4) is 0 Å². The Hall–Kier alpha value is -3.38. The first-order valence-electron chi connectivity index (χ1n) is 12.4. The Morgan fingerprint density at radius 1 is 0.444 bits per heavy atom. The second kappa shape index (κ2) is 12.5. The zero-order valence-electron chi connectivity index (χ0n) is 20.9. The zero-order valence-corrected chi connectivity index (χ0v) is 20.9. The van der Waals surface area contributed by atoms with E-state index in [1.807, 2.05) is 0 Å². The van der Waals surface area contributed by atoms with Gasteiger partial charge >= 0.3 is 0 Å². The van der Waals surface area contributed by atoms with Crippen LogP contribution in [0.2, 0.25) is 0 Å². The number of quaternary nitrogens is 1. The van der Waals surface area contributed by atoms with E-state index in [0.717, 1.165) is 0 Å². The molecular formula is C30H32BF4N. The van der Waals surface area contributed by atoms with Crippen molar-refractivity contribution in [3.63, 3.8) is 0 Å². The maximum absolute atomic E-state index is 15.2. The van der Waals surface area contributed by atoms with Crippen molar-refractivity contribution in [2.45, 2.75) is 20.8 Å². The van der Waals surface area contributed by atoms with Gasteiger partial charge in [-0.25, -0.2) is 17.6 Å². The molecule has 1 nitrogen and oxygen atoms in total. The van der Waals surface area contributed by atoms with E-state index < -0.39 is 29.4 Å². The third kappa shape index (κ3) is 5.39. The molecule has 0 aliphatic heterocycles. The van der Waals surface area contributed by atoms with Crippen LogP contribution in [0.4, 0.5) is 17.6 Å². The first kappa shape index (κ1) is 27.2. The molecule has 0 aromatic heterocycles. The Balaban J connectivity index is 0.000000454. The topological polar surface area (TPSA) is 4.44 Å². The van der Waals surface area contributed by atoms with Gasteiger partial charge in [0.1, 0.15) is 6.15 Å². The maximum Gasteiger partial charge on any atom is 0.122 e. The molecule has 0 heterocycles. The van der Waals surface area contributed by atoms with E-state index in [0.29, 0.717) is 0 Å². The lowest BCUT2D eigenvalue weighted by Crippen LogP contribution is -3.11.